The number of hydrogen-bond donors (Lipinski definition) is 1. The molecule has 0 saturated carbocycles. The summed E-state index contributed by atoms with van der Waals surface area (Å²) in [6.45, 7) is 1.23. The molecule has 1 aliphatic heterocycles. The van der Waals surface area contributed by atoms with Crippen molar-refractivity contribution in [1.82, 2.24) is 9.80 Å². The highest BCUT2D eigenvalue weighted by Crippen LogP contribution is 2.29. The maximum Gasteiger partial charge on any atom is 0.416 e. The summed E-state index contributed by atoms with van der Waals surface area (Å²) in [6.07, 6.45) is -4.94. The lowest BCUT2D eigenvalue weighted by atomic mass is 10.1. The number of benzene rings is 1. The Kier molecular flexibility index (Phi) is 4.70. The zero-order chi connectivity index (χ0) is 16.3. The van der Waals surface area contributed by atoms with Gasteiger partial charge < -0.3 is 9.90 Å². The van der Waals surface area contributed by atoms with Crippen molar-refractivity contribution >= 4 is 12.4 Å². The number of alkyl halides is 3. The van der Waals surface area contributed by atoms with Crippen molar-refractivity contribution in [1.29, 1.82) is 0 Å². The van der Waals surface area contributed by atoms with E-state index in [1.54, 1.807) is 0 Å². The number of hydrogen-bond acceptors (Lipinski definition) is 3. The summed E-state index contributed by atoms with van der Waals surface area (Å²) in [7, 11) is 0. The highest BCUT2D eigenvalue weighted by molar-refractivity contribution is 5.72. The molecule has 1 atom stereocenters. The standard InChI is InChI=1S/C14H15F3N2O3/c15-14(16,17)11-3-1-10(2-4-11)7-18-5-6-19(13(21)22)12(8-18)9-20/h1-4,9,12H,5-8H2,(H,21,22)/t12-/m0/s1. The van der Waals surface area contributed by atoms with Crippen LogP contribution in [0, 0.1) is 0 Å². The number of nitrogens with zero attached hydrogens (tertiary/aromatic N) is 2. The average Bonchev–Trinajstić information content (AvgIpc) is 2.46. The second-order valence-corrected chi connectivity index (χ2v) is 5.11. The first-order chi connectivity index (χ1) is 10.3. The summed E-state index contributed by atoms with van der Waals surface area (Å²) < 4.78 is 37.5. The minimum atomic E-state index is -4.37. The first-order valence-corrected chi connectivity index (χ1v) is 6.64. The van der Waals surface area contributed by atoms with Crippen LogP contribution >= 0.6 is 0 Å². The summed E-state index contributed by atoms with van der Waals surface area (Å²) in [4.78, 5) is 24.8. The molecule has 0 bridgehead atoms. The fraction of sp³-hybridized carbons (Fsp3) is 0.429. The summed E-state index contributed by atoms with van der Waals surface area (Å²) in [6, 6.07) is 4.06. The van der Waals surface area contributed by atoms with E-state index in [9.17, 15) is 22.8 Å². The lowest BCUT2D eigenvalue weighted by Crippen LogP contribution is -2.55. The predicted octanol–water partition coefficient (Wildman–Crippen LogP) is 2.07. The van der Waals surface area contributed by atoms with E-state index >= 15 is 0 Å². The minimum absolute atomic E-state index is 0.194. The molecule has 1 heterocycles. The van der Waals surface area contributed by atoms with Crippen LogP contribution in [0.25, 0.3) is 0 Å². The van der Waals surface area contributed by atoms with Crippen LogP contribution in [-0.4, -0.2) is 53.0 Å². The Morgan fingerprint density at radius 2 is 1.91 bits per heavy atom. The fourth-order valence-corrected chi connectivity index (χ4v) is 2.42. The summed E-state index contributed by atoms with van der Waals surface area (Å²) in [5.41, 5.74) is -0.0286. The molecule has 1 aromatic carbocycles. The molecule has 120 valence electrons. The molecule has 1 fully saturated rings. The van der Waals surface area contributed by atoms with Gasteiger partial charge in [-0.05, 0) is 17.7 Å². The summed E-state index contributed by atoms with van der Waals surface area (Å²) in [5, 5.41) is 8.96. The molecular formula is C14H15F3N2O3. The maximum atomic E-state index is 12.5. The number of carboxylic acid groups (broad SMARTS) is 1. The third-order valence-electron chi connectivity index (χ3n) is 3.59. The molecule has 0 radical (unpaired) electrons. The molecule has 2 rings (SSSR count). The van der Waals surface area contributed by atoms with Gasteiger partial charge in [-0.2, -0.15) is 13.2 Å². The monoisotopic (exact) mass is 316 g/mol. The molecule has 0 unspecified atom stereocenters. The summed E-state index contributed by atoms with van der Waals surface area (Å²) in [5.74, 6) is 0. The largest absolute Gasteiger partial charge is 0.465 e. The Balaban J connectivity index is 2.00. The number of aldehydes is 1. The molecule has 1 aromatic rings. The maximum absolute atomic E-state index is 12.5. The Labute approximate surface area is 124 Å². The van der Waals surface area contributed by atoms with Crippen LogP contribution < -0.4 is 0 Å². The lowest BCUT2D eigenvalue weighted by Gasteiger charge is -2.37. The van der Waals surface area contributed by atoms with Crippen molar-refractivity contribution in [3.8, 4) is 0 Å². The van der Waals surface area contributed by atoms with Crippen molar-refractivity contribution in [3.63, 3.8) is 0 Å². The van der Waals surface area contributed by atoms with Gasteiger partial charge >= 0.3 is 12.3 Å². The molecule has 5 nitrogen and oxygen atoms in total. The normalized spacial score (nSPS) is 20.0. The molecule has 1 amide bonds. The molecule has 0 aliphatic carbocycles. The van der Waals surface area contributed by atoms with Crippen molar-refractivity contribution in [3.05, 3.63) is 35.4 Å². The number of amides is 1. The van der Waals surface area contributed by atoms with Crippen LogP contribution in [-0.2, 0) is 17.5 Å². The van der Waals surface area contributed by atoms with Crippen molar-refractivity contribution in [2.45, 2.75) is 18.8 Å². The van der Waals surface area contributed by atoms with Gasteiger partial charge in [-0.25, -0.2) is 4.79 Å². The lowest BCUT2D eigenvalue weighted by molar-refractivity contribution is -0.137. The van der Waals surface area contributed by atoms with Gasteiger partial charge in [0.15, 0.2) is 0 Å². The Morgan fingerprint density at radius 1 is 1.27 bits per heavy atom. The van der Waals surface area contributed by atoms with Crippen LogP contribution in [0.5, 0.6) is 0 Å². The Bertz CT molecular complexity index is 545. The zero-order valence-corrected chi connectivity index (χ0v) is 11.6. The highest BCUT2D eigenvalue weighted by atomic mass is 19.4. The predicted molar refractivity (Wildman–Crippen MR) is 71.3 cm³/mol. The van der Waals surface area contributed by atoms with Crippen LogP contribution in [0.4, 0.5) is 18.0 Å². The van der Waals surface area contributed by atoms with Crippen LogP contribution in [0.2, 0.25) is 0 Å². The van der Waals surface area contributed by atoms with Crippen LogP contribution in [0.3, 0.4) is 0 Å². The van der Waals surface area contributed by atoms with Crippen molar-refractivity contribution in [2.24, 2.45) is 0 Å². The number of rotatable bonds is 3. The molecule has 1 N–H and O–H groups in total. The second-order valence-electron chi connectivity index (χ2n) is 5.11. The quantitative estimate of drug-likeness (QED) is 0.867. The molecule has 8 heteroatoms. The number of carbonyl (C=O) groups excluding carboxylic acids is 1. The van der Waals surface area contributed by atoms with Gasteiger partial charge in [-0.1, -0.05) is 12.1 Å². The van der Waals surface area contributed by atoms with Crippen molar-refractivity contribution in [2.75, 3.05) is 19.6 Å². The molecular weight excluding hydrogens is 301 g/mol. The van der Waals surface area contributed by atoms with E-state index in [1.807, 2.05) is 4.90 Å². The van der Waals surface area contributed by atoms with Gasteiger partial charge in [0.25, 0.3) is 0 Å². The molecule has 22 heavy (non-hydrogen) atoms. The highest BCUT2D eigenvalue weighted by Gasteiger charge is 2.31. The zero-order valence-electron chi connectivity index (χ0n) is 11.6. The van der Waals surface area contributed by atoms with Crippen LogP contribution in [0.1, 0.15) is 11.1 Å². The van der Waals surface area contributed by atoms with Gasteiger partial charge in [0, 0.05) is 26.2 Å². The third kappa shape index (κ3) is 3.76. The number of piperazine rings is 1. The fourth-order valence-electron chi connectivity index (χ4n) is 2.42. The molecule has 1 aliphatic rings. The second kappa shape index (κ2) is 6.35. The van der Waals surface area contributed by atoms with E-state index < -0.39 is 23.9 Å². The van der Waals surface area contributed by atoms with E-state index in [0.717, 1.165) is 17.0 Å². The molecule has 1 saturated heterocycles. The van der Waals surface area contributed by atoms with Gasteiger partial charge in [-0.15, -0.1) is 0 Å². The van der Waals surface area contributed by atoms with E-state index in [2.05, 4.69) is 0 Å². The topological polar surface area (TPSA) is 60.9 Å². The van der Waals surface area contributed by atoms with E-state index in [1.165, 1.54) is 12.1 Å². The average molecular weight is 316 g/mol. The number of halogens is 3. The molecule has 0 spiro atoms. The van der Waals surface area contributed by atoms with Gasteiger partial charge in [0.05, 0.1) is 5.56 Å². The van der Waals surface area contributed by atoms with Gasteiger partial charge in [-0.3, -0.25) is 9.80 Å². The Hall–Kier alpha value is -2.09. The smallest absolute Gasteiger partial charge is 0.416 e. The first-order valence-electron chi connectivity index (χ1n) is 6.64. The third-order valence-corrected chi connectivity index (χ3v) is 3.59. The SMILES string of the molecule is O=C[C@@H]1CN(Cc2ccc(C(F)(F)F)cc2)CCN1C(=O)O. The van der Waals surface area contributed by atoms with Gasteiger partial charge in [0.2, 0.25) is 0 Å². The molecule has 0 aromatic heterocycles. The number of carbonyl (C=O) groups is 2. The summed E-state index contributed by atoms with van der Waals surface area (Å²) >= 11 is 0. The minimum Gasteiger partial charge on any atom is -0.465 e. The van der Waals surface area contributed by atoms with Crippen LogP contribution in [0.15, 0.2) is 24.3 Å². The Morgan fingerprint density at radius 3 is 2.41 bits per heavy atom. The first kappa shape index (κ1) is 16.3. The van der Waals surface area contributed by atoms with Crippen molar-refractivity contribution < 1.29 is 27.9 Å². The van der Waals surface area contributed by atoms with E-state index in [4.69, 9.17) is 5.11 Å². The van der Waals surface area contributed by atoms with Gasteiger partial charge in [0.1, 0.15) is 12.3 Å². The van der Waals surface area contributed by atoms with E-state index in [0.29, 0.717) is 24.9 Å². The van der Waals surface area contributed by atoms with E-state index in [-0.39, 0.29) is 13.1 Å².